The second-order valence-corrected chi connectivity index (χ2v) is 5.65. The van der Waals surface area contributed by atoms with Crippen LogP contribution in [0.4, 0.5) is 0 Å². The SMILES string of the molecule is CCOCCOC1CCN(C(=O)CC2CCCN2)CC1. The Labute approximate surface area is 122 Å². The van der Waals surface area contributed by atoms with Crippen LogP contribution in [0.3, 0.4) is 0 Å². The van der Waals surface area contributed by atoms with Crippen LogP contribution in [0.25, 0.3) is 0 Å². The fourth-order valence-electron chi connectivity index (χ4n) is 2.96. The van der Waals surface area contributed by atoms with E-state index in [1.165, 1.54) is 6.42 Å². The topological polar surface area (TPSA) is 50.8 Å². The van der Waals surface area contributed by atoms with E-state index in [0.717, 1.165) is 45.5 Å². The van der Waals surface area contributed by atoms with Crippen LogP contribution in [0.2, 0.25) is 0 Å². The molecule has 0 spiro atoms. The second-order valence-electron chi connectivity index (χ2n) is 5.65. The minimum atomic E-state index is 0.295. The minimum absolute atomic E-state index is 0.295. The Morgan fingerprint density at radius 1 is 1.25 bits per heavy atom. The van der Waals surface area contributed by atoms with E-state index in [1.807, 2.05) is 11.8 Å². The van der Waals surface area contributed by atoms with Crippen molar-refractivity contribution in [1.82, 2.24) is 10.2 Å². The Bertz CT molecular complexity index is 285. The van der Waals surface area contributed by atoms with Gasteiger partial charge in [-0.15, -0.1) is 0 Å². The molecule has 2 fully saturated rings. The summed E-state index contributed by atoms with van der Waals surface area (Å²) in [6.07, 6.45) is 5.21. The lowest BCUT2D eigenvalue weighted by Crippen LogP contribution is -2.43. The summed E-state index contributed by atoms with van der Waals surface area (Å²) in [7, 11) is 0. The third-order valence-electron chi connectivity index (χ3n) is 4.16. The average molecular weight is 284 g/mol. The zero-order valence-corrected chi connectivity index (χ0v) is 12.6. The quantitative estimate of drug-likeness (QED) is 0.713. The van der Waals surface area contributed by atoms with Crippen molar-refractivity contribution in [3.8, 4) is 0 Å². The first-order valence-electron chi connectivity index (χ1n) is 8.00. The first-order chi connectivity index (χ1) is 9.79. The minimum Gasteiger partial charge on any atom is -0.379 e. The summed E-state index contributed by atoms with van der Waals surface area (Å²) in [5.74, 6) is 0.303. The van der Waals surface area contributed by atoms with Gasteiger partial charge in [-0.25, -0.2) is 0 Å². The third kappa shape index (κ3) is 5.04. The molecule has 2 aliphatic heterocycles. The van der Waals surface area contributed by atoms with Crippen molar-refractivity contribution < 1.29 is 14.3 Å². The van der Waals surface area contributed by atoms with Gasteiger partial charge in [0.15, 0.2) is 0 Å². The molecule has 0 aliphatic carbocycles. The highest BCUT2D eigenvalue weighted by Gasteiger charge is 2.25. The number of hydrogen-bond donors (Lipinski definition) is 1. The van der Waals surface area contributed by atoms with Crippen molar-refractivity contribution in [1.29, 1.82) is 0 Å². The normalized spacial score (nSPS) is 24.2. The molecule has 0 aromatic heterocycles. The fourth-order valence-corrected chi connectivity index (χ4v) is 2.96. The van der Waals surface area contributed by atoms with E-state index in [4.69, 9.17) is 9.47 Å². The van der Waals surface area contributed by atoms with Crippen molar-refractivity contribution in [3.63, 3.8) is 0 Å². The summed E-state index contributed by atoms with van der Waals surface area (Å²) < 4.78 is 11.0. The highest BCUT2D eigenvalue weighted by molar-refractivity contribution is 5.77. The van der Waals surface area contributed by atoms with E-state index in [1.54, 1.807) is 0 Å². The van der Waals surface area contributed by atoms with Crippen LogP contribution in [0.1, 0.15) is 39.0 Å². The molecule has 0 aromatic rings. The smallest absolute Gasteiger partial charge is 0.224 e. The van der Waals surface area contributed by atoms with Gasteiger partial charge in [-0.05, 0) is 39.2 Å². The third-order valence-corrected chi connectivity index (χ3v) is 4.16. The van der Waals surface area contributed by atoms with E-state index in [2.05, 4.69) is 5.32 Å². The fraction of sp³-hybridized carbons (Fsp3) is 0.933. The predicted molar refractivity (Wildman–Crippen MR) is 77.7 cm³/mol. The van der Waals surface area contributed by atoms with Gasteiger partial charge in [-0.3, -0.25) is 4.79 Å². The van der Waals surface area contributed by atoms with E-state index in [0.29, 0.717) is 37.7 Å². The van der Waals surface area contributed by atoms with Crippen molar-refractivity contribution >= 4 is 5.91 Å². The second kappa shape index (κ2) is 8.60. The highest BCUT2D eigenvalue weighted by Crippen LogP contribution is 2.17. The summed E-state index contributed by atoms with van der Waals surface area (Å²) in [5, 5.41) is 3.39. The van der Waals surface area contributed by atoms with Crippen LogP contribution in [0.15, 0.2) is 0 Å². The lowest BCUT2D eigenvalue weighted by atomic mass is 10.1. The van der Waals surface area contributed by atoms with Crippen molar-refractivity contribution in [2.24, 2.45) is 0 Å². The van der Waals surface area contributed by atoms with Gasteiger partial charge < -0.3 is 19.7 Å². The van der Waals surface area contributed by atoms with E-state index in [-0.39, 0.29) is 0 Å². The van der Waals surface area contributed by atoms with Crippen LogP contribution >= 0.6 is 0 Å². The summed E-state index contributed by atoms with van der Waals surface area (Å²) in [5.41, 5.74) is 0. The number of carbonyl (C=O) groups excluding carboxylic acids is 1. The molecule has 116 valence electrons. The van der Waals surface area contributed by atoms with Crippen molar-refractivity contribution in [2.45, 2.75) is 51.2 Å². The molecule has 0 bridgehead atoms. The number of hydrogen-bond acceptors (Lipinski definition) is 4. The Balaban J connectivity index is 1.59. The van der Waals surface area contributed by atoms with Crippen molar-refractivity contribution in [3.05, 3.63) is 0 Å². The van der Waals surface area contributed by atoms with Gasteiger partial charge in [0.05, 0.1) is 19.3 Å². The molecule has 0 aromatic carbocycles. The molecule has 2 saturated heterocycles. The molecule has 2 aliphatic rings. The van der Waals surface area contributed by atoms with Gasteiger partial charge in [0.1, 0.15) is 0 Å². The zero-order chi connectivity index (χ0) is 14.2. The van der Waals surface area contributed by atoms with E-state index in [9.17, 15) is 4.79 Å². The molecule has 5 heteroatoms. The number of rotatable bonds is 7. The van der Waals surface area contributed by atoms with Gasteiger partial charge >= 0.3 is 0 Å². The molecule has 5 nitrogen and oxygen atoms in total. The maximum absolute atomic E-state index is 12.2. The van der Waals surface area contributed by atoms with Gasteiger partial charge in [0.25, 0.3) is 0 Å². The number of carbonyl (C=O) groups is 1. The highest BCUT2D eigenvalue weighted by atomic mass is 16.5. The van der Waals surface area contributed by atoms with Crippen LogP contribution in [-0.2, 0) is 14.3 Å². The maximum atomic E-state index is 12.2. The molecule has 2 rings (SSSR count). The van der Waals surface area contributed by atoms with E-state index < -0.39 is 0 Å². The Kier molecular flexibility index (Phi) is 6.76. The van der Waals surface area contributed by atoms with Gasteiger partial charge in [-0.2, -0.15) is 0 Å². The summed E-state index contributed by atoms with van der Waals surface area (Å²) >= 11 is 0. The number of likely N-dealkylation sites (tertiary alicyclic amines) is 1. The standard InChI is InChI=1S/C15H28N2O3/c1-2-19-10-11-20-14-5-8-17(9-6-14)15(18)12-13-4-3-7-16-13/h13-14,16H,2-12H2,1H3. The summed E-state index contributed by atoms with van der Waals surface area (Å²) in [6.45, 7) is 6.81. The molecule has 0 radical (unpaired) electrons. The first-order valence-corrected chi connectivity index (χ1v) is 8.00. The van der Waals surface area contributed by atoms with Crippen molar-refractivity contribution in [2.75, 3.05) is 39.5 Å². The lowest BCUT2D eigenvalue weighted by molar-refractivity contribution is -0.134. The Morgan fingerprint density at radius 3 is 2.70 bits per heavy atom. The molecular weight excluding hydrogens is 256 g/mol. The Morgan fingerprint density at radius 2 is 2.05 bits per heavy atom. The maximum Gasteiger partial charge on any atom is 0.224 e. The van der Waals surface area contributed by atoms with E-state index >= 15 is 0 Å². The van der Waals surface area contributed by atoms with Crippen LogP contribution in [0.5, 0.6) is 0 Å². The predicted octanol–water partition coefficient (Wildman–Crippen LogP) is 1.17. The monoisotopic (exact) mass is 284 g/mol. The number of nitrogens with zero attached hydrogens (tertiary/aromatic N) is 1. The number of ether oxygens (including phenoxy) is 2. The Hall–Kier alpha value is -0.650. The summed E-state index contributed by atoms with van der Waals surface area (Å²) in [4.78, 5) is 14.2. The summed E-state index contributed by atoms with van der Waals surface area (Å²) in [6, 6.07) is 0.405. The molecule has 2 heterocycles. The van der Waals surface area contributed by atoms with Crippen LogP contribution in [0, 0.1) is 0 Å². The number of amides is 1. The first kappa shape index (κ1) is 15.7. The van der Waals surface area contributed by atoms with Crippen LogP contribution in [-0.4, -0.2) is 62.4 Å². The molecule has 1 N–H and O–H groups in total. The zero-order valence-electron chi connectivity index (χ0n) is 12.6. The molecule has 1 atom stereocenters. The molecular formula is C15H28N2O3. The van der Waals surface area contributed by atoms with Crippen LogP contribution < -0.4 is 5.32 Å². The molecule has 1 amide bonds. The van der Waals surface area contributed by atoms with Gasteiger partial charge in [0.2, 0.25) is 5.91 Å². The molecule has 1 unspecified atom stereocenters. The van der Waals surface area contributed by atoms with Gasteiger partial charge in [-0.1, -0.05) is 0 Å². The lowest BCUT2D eigenvalue weighted by Gasteiger charge is -2.32. The molecule has 20 heavy (non-hydrogen) atoms. The average Bonchev–Trinajstić information content (AvgIpc) is 2.97. The largest absolute Gasteiger partial charge is 0.379 e. The number of piperidine rings is 1. The molecule has 0 saturated carbocycles. The number of nitrogens with one attached hydrogen (secondary N) is 1. The van der Waals surface area contributed by atoms with Gasteiger partial charge in [0, 0.05) is 32.2 Å².